The van der Waals surface area contributed by atoms with Gasteiger partial charge in [0.05, 0.1) is 5.92 Å². The lowest BCUT2D eigenvalue weighted by atomic mass is 9.97. The van der Waals surface area contributed by atoms with Gasteiger partial charge in [0.25, 0.3) is 0 Å². The number of aliphatic carboxylic acids is 1. The summed E-state index contributed by atoms with van der Waals surface area (Å²) < 4.78 is 0. The first kappa shape index (κ1) is 16.2. The highest BCUT2D eigenvalue weighted by atomic mass is 16.4. The molecule has 0 aromatic rings. The van der Waals surface area contributed by atoms with Crippen molar-refractivity contribution in [2.45, 2.75) is 33.2 Å². The Balaban J connectivity index is 4.22. The molecule has 0 aliphatic carbocycles. The molecule has 7 heteroatoms. The zero-order chi connectivity index (χ0) is 14.3. The number of nitrogens with two attached hydrogens (primary N) is 1. The molecule has 5 N–H and O–H groups in total. The molecule has 0 aliphatic rings. The maximum atomic E-state index is 11.5. The summed E-state index contributed by atoms with van der Waals surface area (Å²) in [6.45, 7) is 5.33. The highest BCUT2D eigenvalue weighted by Crippen LogP contribution is 2.11. The molecular weight excluding hydrogens is 238 g/mol. The Labute approximate surface area is 106 Å². The van der Waals surface area contributed by atoms with E-state index in [9.17, 15) is 14.4 Å². The third-order valence-corrected chi connectivity index (χ3v) is 2.38. The Morgan fingerprint density at radius 3 is 2.17 bits per heavy atom. The Morgan fingerprint density at radius 2 is 1.78 bits per heavy atom. The average Bonchev–Trinajstić information content (AvgIpc) is 2.21. The lowest BCUT2D eigenvalue weighted by Gasteiger charge is -2.17. The molecule has 0 heterocycles. The Hall–Kier alpha value is -1.79. The van der Waals surface area contributed by atoms with Crippen LogP contribution >= 0.6 is 0 Å². The Kier molecular flexibility index (Phi) is 6.77. The van der Waals surface area contributed by atoms with E-state index >= 15 is 0 Å². The normalized spacial score (nSPS) is 13.8. The Bertz CT molecular complexity index is 317. The SMILES string of the molecule is CC(C)CC(CNC(=O)C(C)NC(N)=O)C(=O)O. The number of carbonyl (C=O) groups is 3. The molecule has 0 radical (unpaired) electrons. The fraction of sp³-hybridized carbons (Fsp3) is 0.727. The number of carbonyl (C=O) groups excluding carboxylic acids is 2. The number of hydrogen-bond acceptors (Lipinski definition) is 3. The molecule has 0 aliphatic heterocycles. The molecule has 0 rings (SSSR count). The molecular formula is C11H21N3O4. The quantitative estimate of drug-likeness (QED) is 0.510. The smallest absolute Gasteiger partial charge is 0.312 e. The summed E-state index contributed by atoms with van der Waals surface area (Å²) in [5, 5.41) is 13.7. The van der Waals surface area contributed by atoms with Gasteiger partial charge in [-0.2, -0.15) is 0 Å². The van der Waals surface area contributed by atoms with Crippen molar-refractivity contribution in [3.63, 3.8) is 0 Å². The molecule has 0 fully saturated rings. The van der Waals surface area contributed by atoms with E-state index in [0.29, 0.717) is 6.42 Å². The molecule has 2 atom stereocenters. The van der Waals surface area contributed by atoms with Crippen molar-refractivity contribution in [2.75, 3.05) is 6.54 Å². The first-order valence-electron chi connectivity index (χ1n) is 5.80. The minimum absolute atomic E-state index is 0.0388. The number of hydrogen-bond donors (Lipinski definition) is 4. The van der Waals surface area contributed by atoms with Crippen molar-refractivity contribution in [2.24, 2.45) is 17.6 Å². The van der Waals surface area contributed by atoms with Crippen molar-refractivity contribution in [3.05, 3.63) is 0 Å². The standard InChI is InChI=1S/C11H21N3O4/c1-6(2)4-8(10(16)17)5-13-9(15)7(3)14-11(12)18/h6-8H,4-5H2,1-3H3,(H,13,15)(H,16,17)(H3,12,14,18). The first-order valence-corrected chi connectivity index (χ1v) is 5.80. The van der Waals surface area contributed by atoms with Gasteiger partial charge in [-0.25, -0.2) is 4.79 Å². The average molecular weight is 259 g/mol. The summed E-state index contributed by atoms with van der Waals surface area (Å²) in [6.07, 6.45) is 0.479. The van der Waals surface area contributed by atoms with Crippen LogP contribution in [0.25, 0.3) is 0 Å². The van der Waals surface area contributed by atoms with Crippen LogP contribution < -0.4 is 16.4 Å². The van der Waals surface area contributed by atoms with Crippen LogP contribution in [0.2, 0.25) is 0 Å². The number of amides is 3. The van der Waals surface area contributed by atoms with Gasteiger partial charge in [-0.1, -0.05) is 13.8 Å². The second kappa shape index (κ2) is 7.52. The van der Waals surface area contributed by atoms with Crippen LogP contribution in [-0.4, -0.2) is 35.6 Å². The largest absolute Gasteiger partial charge is 0.481 e. The van der Waals surface area contributed by atoms with Gasteiger partial charge in [0.2, 0.25) is 5.91 Å². The molecule has 0 saturated carbocycles. The first-order chi connectivity index (χ1) is 8.23. The van der Waals surface area contributed by atoms with E-state index in [1.165, 1.54) is 6.92 Å². The van der Waals surface area contributed by atoms with Crippen molar-refractivity contribution in [3.8, 4) is 0 Å². The summed E-state index contributed by atoms with van der Waals surface area (Å²) >= 11 is 0. The van der Waals surface area contributed by atoms with Crippen molar-refractivity contribution in [1.82, 2.24) is 10.6 Å². The molecule has 0 spiro atoms. The second-order valence-corrected chi connectivity index (χ2v) is 4.64. The number of urea groups is 1. The summed E-state index contributed by atoms with van der Waals surface area (Å²) in [5.41, 5.74) is 4.88. The zero-order valence-electron chi connectivity index (χ0n) is 10.9. The molecule has 104 valence electrons. The molecule has 2 unspecified atom stereocenters. The second-order valence-electron chi connectivity index (χ2n) is 4.64. The fourth-order valence-corrected chi connectivity index (χ4v) is 1.50. The highest BCUT2D eigenvalue weighted by molar-refractivity contribution is 5.86. The third-order valence-electron chi connectivity index (χ3n) is 2.38. The molecule has 18 heavy (non-hydrogen) atoms. The minimum Gasteiger partial charge on any atom is -0.481 e. The van der Waals surface area contributed by atoms with Crippen LogP contribution in [0.4, 0.5) is 4.79 Å². The zero-order valence-corrected chi connectivity index (χ0v) is 10.9. The van der Waals surface area contributed by atoms with Crippen LogP contribution in [0.3, 0.4) is 0 Å². The van der Waals surface area contributed by atoms with Crippen LogP contribution in [0.1, 0.15) is 27.2 Å². The van der Waals surface area contributed by atoms with E-state index in [1.54, 1.807) is 0 Å². The predicted molar refractivity (Wildman–Crippen MR) is 65.8 cm³/mol. The van der Waals surface area contributed by atoms with Gasteiger partial charge in [-0.05, 0) is 19.3 Å². The summed E-state index contributed by atoms with van der Waals surface area (Å²) in [7, 11) is 0. The lowest BCUT2D eigenvalue weighted by Crippen LogP contribution is -2.48. The predicted octanol–water partition coefficient (Wildman–Crippen LogP) is -0.0937. The topological polar surface area (TPSA) is 122 Å². The summed E-state index contributed by atoms with van der Waals surface area (Å²) in [6, 6.07) is -1.58. The molecule has 0 aromatic carbocycles. The molecule has 0 aromatic heterocycles. The van der Waals surface area contributed by atoms with Gasteiger partial charge >= 0.3 is 12.0 Å². The van der Waals surface area contributed by atoms with Crippen LogP contribution in [0.15, 0.2) is 0 Å². The van der Waals surface area contributed by atoms with Gasteiger partial charge in [0, 0.05) is 6.54 Å². The van der Waals surface area contributed by atoms with Crippen molar-refractivity contribution in [1.29, 1.82) is 0 Å². The van der Waals surface area contributed by atoms with Crippen molar-refractivity contribution >= 4 is 17.9 Å². The van der Waals surface area contributed by atoms with Crippen molar-refractivity contribution < 1.29 is 19.5 Å². The minimum atomic E-state index is -0.945. The van der Waals surface area contributed by atoms with Crippen LogP contribution in [0.5, 0.6) is 0 Å². The fourth-order valence-electron chi connectivity index (χ4n) is 1.50. The van der Waals surface area contributed by atoms with Gasteiger partial charge in [-0.3, -0.25) is 9.59 Å². The maximum absolute atomic E-state index is 11.5. The summed E-state index contributed by atoms with van der Waals surface area (Å²) in [5.74, 6) is -1.80. The highest BCUT2D eigenvalue weighted by Gasteiger charge is 2.21. The number of carboxylic acids is 1. The van der Waals surface area contributed by atoms with Gasteiger partial charge in [0.15, 0.2) is 0 Å². The van der Waals surface area contributed by atoms with E-state index < -0.39 is 29.9 Å². The number of carboxylic acid groups (broad SMARTS) is 1. The maximum Gasteiger partial charge on any atom is 0.312 e. The van der Waals surface area contributed by atoms with Gasteiger partial charge in [-0.15, -0.1) is 0 Å². The van der Waals surface area contributed by atoms with Crippen LogP contribution in [0, 0.1) is 11.8 Å². The van der Waals surface area contributed by atoms with E-state index in [2.05, 4.69) is 10.6 Å². The molecule has 7 nitrogen and oxygen atoms in total. The number of nitrogens with one attached hydrogen (secondary N) is 2. The number of primary amides is 1. The number of rotatable bonds is 7. The third kappa shape index (κ3) is 6.72. The Morgan fingerprint density at radius 1 is 1.22 bits per heavy atom. The summed E-state index contributed by atoms with van der Waals surface area (Å²) in [4.78, 5) is 33.0. The van der Waals surface area contributed by atoms with E-state index in [4.69, 9.17) is 10.8 Å². The molecule has 0 saturated heterocycles. The van der Waals surface area contributed by atoms with Gasteiger partial charge < -0.3 is 21.5 Å². The van der Waals surface area contributed by atoms with E-state index in [1.807, 2.05) is 13.8 Å². The monoisotopic (exact) mass is 259 g/mol. The van der Waals surface area contributed by atoms with Crippen LogP contribution in [-0.2, 0) is 9.59 Å². The lowest BCUT2D eigenvalue weighted by molar-refractivity contribution is -0.142. The molecule has 3 amide bonds. The molecule has 0 bridgehead atoms. The van der Waals surface area contributed by atoms with E-state index in [-0.39, 0.29) is 12.5 Å². The van der Waals surface area contributed by atoms with E-state index in [0.717, 1.165) is 0 Å². The van der Waals surface area contributed by atoms with Gasteiger partial charge in [0.1, 0.15) is 6.04 Å².